The zero-order chi connectivity index (χ0) is 29.1. The van der Waals surface area contributed by atoms with Crippen molar-refractivity contribution in [2.75, 3.05) is 38.1 Å². The Morgan fingerprint density at radius 3 is 2.79 bits per heavy atom. The Bertz CT molecular complexity index is 1560. The molecule has 2 N–H and O–H groups in total. The van der Waals surface area contributed by atoms with Crippen LogP contribution in [0.3, 0.4) is 0 Å². The number of fused-ring (bicyclic) bond motifs is 1. The third-order valence-electron chi connectivity index (χ3n) is 7.43. The Kier molecular flexibility index (Phi) is 8.36. The SMILES string of the molecule is CC(Oc1cc2ncnc(-c3ccc(F)c(Cl)c3)c2cc1NC1CN(C(=O)OCc2ccccc2)C1)C1CNCCO1. The molecule has 0 aliphatic carbocycles. The normalized spacial score (nSPS) is 17.9. The standard InChI is InChI=1S/C31H31ClFN5O4/c1-19(29-14-34-9-10-40-29)42-28-13-26-23(30(36-18-35-26)21-7-8-25(33)24(32)11-21)12-27(28)37-22-15-38(16-22)31(39)41-17-20-5-3-2-4-6-20/h2-8,11-13,18-19,22,29,34,37H,9-10,14-17H2,1H3. The van der Waals surface area contributed by atoms with Crippen molar-refractivity contribution in [3.63, 3.8) is 0 Å². The van der Waals surface area contributed by atoms with Gasteiger partial charge < -0.3 is 29.7 Å². The van der Waals surface area contributed by atoms with Crippen LogP contribution in [0.5, 0.6) is 5.75 Å². The highest BCUT2D eigenvalue weighted by atomic mass is 35.5. The van der Waals surface area contributed by atoms with Gasteiger partial charge in [0.05, 0.1) is 34.6 Å². The quantitative estimate of drug-likeness (QED) is 0.286. The molecule has 2 aliphatic heterocycles. The highest BCUT2D eigenvalue weighted by Gasteiger charge is 2.33. The fraction of sp³-hybridized carbons (Fsp3) is 0.323. The minimum atomic E-state index is -0.498. The minimum absolute atomic E-state index is 0.0150. The number of amides is 1. The maximum absolute atomic E-state index is 13.9. The van der Waals surface area contributed by atoms with Gasteiger partial charge >= 0.3 is 6.09 Å². The van der Waals surface area contributed by atoms with Crippen LogP contribution in [0.4, 0.5) is 14.9 Å². The number of nitrogens with one attached hydrogen (secondary N) is 2. The maximum atomic E-state index is 13.9. The molecule has 6 rings (SSSR count). The first-order valence-corrected chi connectivity index (χ1v) is 14.3. The Morgan fingerprint density at radius 1 is 1.19 bits per heavy atom. The maximum Gasteiger partial charge on any atom is 0.410 e. The van der Waals surface area contributed by atoms with Crippen LogP contribution in [0.1, 0.15) is 12.5 Å². The lowest BCUT2D eigenvalue weighted by Crippen LogP contribution is -2.57. The summed E-state index contributed by atoms with van der Waals surface area (Å²) in [6.07, 6.45) is 0.766. The van der Waals surface area contributed by atoms with Gasteiger partial charge in [0.15, 0.2) is 0 Å². The molecule has 42 heavy (non-hydrogen) atoms. The number of ether oxygens (including phenoxy) is 3. The number of anilines is 1. The molecule has 2 unspecified atom stereocenters. The average Bonchev–Trinajstić information content (AvgIpc) is 2.99. The predicted molar refractivity (Wildman–Crippen MR) is 158 cm³/mol. The topological polar surface area (TPSA) is 97.8 Å². The molecule has 1 aromatic heterocycles. The highest BCUT2D eigenvalue weighted by Crippen LogP contribution is 2.36. The van der Waals surface area contributed by atoms with E-state index in [2.05, 4.69) is 20.6 Å². The first-order chi connectivity index (χ1) is 20.4. The van der Waals surface area contributed by atoms with E-state index in [1.807, 2.05) is 49.4 Å². The van der Waals surface area contributed by atoms with Crippen LogP contribution in [0.25, 0.3) is 22.2 Å². The van der Waals surface area contributed by atoms with E-state index < -0.39 is 5.82 Å². The fourth-order valence-corrected chi connectivity index (χ4v) is 5.26. The number of carbonyl (C=O) groups excluding carboxylic acids is 1. The van der Waals surface area contributed by atoms with Crippen molar-refractivity contribution in [2.24, 2.45) is 0 Å². The van der Waals surface area contributed by atoms with E-state index in [-0.39, 0.29) is 36.0 Å². The van der Waals surface area contributed by atoms with Crippen molar-refractivity contribution < 1.29 is 23.4 Å². The van der Waals surface area contributed by atoms with E-state index in [9.17, 15) is 9.18 Å². The van der Waals surface area contributed by atoms with Crippen LogP contribution in [-0.4, -0.2) is 72.0 Å². The Labute approximate surface area is 247 Å². The number of hydrogen-bond acceptors (Lipinski definition) is 8. The molecule has 9 nitrogen and oxygen atoms in total. The number of benzene rings is 3. The number of morpholine rings is 1. The van der Waals surface area contributed by atoms with Crippen molar-refractivity contribution in [1.29, 1.82) is 0 Å². The van der Waals surface area contributed by atoms with Crippen molar-refractivity contribution in [2.45, 2.75) is 31.8 Å². The molecule has 2 saturated heterocycles. The third kappa shape index (κ3) is 6.25. The molecule has 11 heteroatoms. The van der Waals surface area contributed by atoms with Crippen LogP contribution < -0.4 is 15.4 Å². The number of carbonyl (C=O) groups is 1. The summed E-state index contributed by atoms with van der Waals surface area (Å²) >= 11 is 6.08. The highest BCUT2D eigenvalue weighted by molar-refractivity contribution is 6.31. The zero-order valence-corrected chi connectivity index (χ0v) is 23.8. The summed E-state index contributed by atoms with van der Waals surface area (Å²) in [7, 11) is 0. The van der Waals surface area contributed by atoms with E-state index in [0.29, 0.717) is 48.8 Å². The lowest BCUT2D eigenvalue weighted by Gasteiger charge is -2.39. The zero-order valence-electron chi connectivity index (χ0n) is 23.1. The number of hydrogen-bond donors (Lipinski definition) is 2. The molecule has 3 heterocycles. The molecule has 2 fully saturated rings. The van der Waals surface area contributed by atoms with Gasteiger partial charge in [-0.15, -0.1) is 0 Å². The summed E-state index contributed by atoms with van der Waals surface area (Å²) in [5, 5.41) is 7.63. The van der Waals surface area contributed by atoms with Crippen molar-refractivity contribution in [3.8, 4) is 17.0 Å². The molecule has 0 radical (unpaired) electrons. The van der Waals surface area contributed by atoms with Crippen molar-refractivity contribution in [3.05, 3.63) is 83.4 Å². The molecule has 1 amide bonds. The molecule has 218 valence electrons. The second-order valence-electron chi connectivity index (χ2n) is 10.4. The monoisotopic (exact) mass is 591 g/mol. The van der Waals surface area contributed by atoms with Gasteiger partial charge in [-0.05, 0) is 36.8 Å². The summed E-state index contributed by atoms with van der Waals surface area (Å²) in [6.45, 7) is 5.28. The predicted octanol–water partition coefficient (Wildman–Crippen LogP) is 5.28. The summed E-state index contributed by atoms with van der Waals surface area (Å²) < 4.78 is 31.7. The van der Waals surface area contributed by atoms with Crippen molar-refractivity contribution in [1.82, 2.24) is 20.2 Å². The number of nitrogens with zero attached hydrogens (tertiary/aromatic N) is 3. The van der Waals surface area contributed by atoms with Gasteiger partial charge in [-0.1, -0.05) is 41.9 Å². The summed E-state index contributed by atoms with van der Waals surface area (Å²) in [5.74, 6) is 0.109. The second kappa shape index (κ2) is 12.5. The Balaban J connectivity index is 1.23. The molecular formula is C31H31ClFN5O4. The van der Waals surface area contributed by atoms with Gasteiger partial charge in [0, 0.05) is 43.2 Å². The van der Waals surface area contributed by atoms with Gasteiger partial charge in [0.25, 0.3) is 0 Å². The van der Waals surface area contributed by atoms with Gasteiger partial charge in [-0.2, -0.15) is 0 Å². The third-order valence-corrected chi connectivity index (χ3v) is 7.72. The molecular weight excluding hydrogens is 561 g/mol. The van der Waals surface area contributed by atoms with Crippen LogP contribution in [-0.2, 0) is 16.1 Å². The van der Waals surface area contributed by atoms with E-state index in [1.165, 1.54) is 12.4 Å². The van der Waals surface area contributed by atoms with Crippen LogP contribution in [0.2, 0.25) is 5.02 Å². The molecule has 2 atom stereocenters. The first kappa shape index (κ1) is 28.1. The van der Waals surface area contributed by atoms with E-state index >= 15 is 0 Å². The average molecular weight is 592 g/mol. The largest absolute Gasteiger partial charge is 0.486 e. The van der Waals surface area contributed by atoms with E-state index in [0.717, 1.165) is 23.2 Å². The fourth-order valence-electron chi connectivity index (χ4n) is 5.08. The smallest absolute Gasteiger partial charge is 0.410 e. The van der Waals surface area contributed by atoms with E-state index in [1.54, 1.807) is 17.0 Å². The Morgan fingerprint density at radius 2 is 2.02 bits per heavy atom. The summed E-state index contributed by atoms with van der Waals surface area (Å²) in [4.78, 5) is 23.2. The first-order valence-electron chi connectivity index (χ1n) is 13.9. The number of halogens is 2. The Hall–Kier alpha value is -3.99. The second-order valence-corrected chi connectivity index (χ2v) is 10.8. The molecule has 0 saturated carbocycles. The molecule has 0 spiro atoms. The minimum Gasteiger partial charge on any atom is -0.486 e. The van der Waals surface area contributed by atoms with Crippen molar-refractivity contribution >= 4 is 34.3 Å². The summed E-state index contributed by atoms with van der Waals surface area (Å²) in [5.41, 5.74) is 3.61. The number of aromatic nitrogens is 2. The molecule has 0 bridgehead atoms. The van der Waals surface area contributed by atoms with Gasteiger partial charge in [0.2, 0.25) is 0 Å². The number of rotatable bonds is 8. The van der Waals surface area contributed by atoms with Crippen LogP contribution >= 0.6 is 11.6 Å². The van der Waals surface area contributed by atoms with Gasteiger partial charge in [0.1, 0.15) is 36.7 Å². The lowest BCUT2D eigenvalue weighted by atomic mass is 10.0. The van der Waals surface area contributed by atoms with Gasteiger partial charge in [-0.3, -0.25) is 0 Å². The lowest BCUT2D eigenvalue weighted by molar-refractivity contribution is -0.0348. The van der Waals surface area contributed by atoms with Crippen LogP contribution in [0, 0.1) is 5.82 Å². The van der Waals surface area contributed by atoms with Gasteiger partial charge in [-0.25, -0.2) is 19.2 Å². The van der Waals surface area contributed by atoms with E-state index in [4.69, 9.17) is 25.8 Å². The molecule has 4 aromatic rings. The summed E-state index contributed by atoms with van der Waals surface area (Å²) in [6, 6.07) is 17.9. The number of likely N-dealkylation sites (tertiary alicyclic amines) is 1. The molecule has 3 aromatic carbocycles. The molecule has 2 aliphatic rings. The van der Waals surface area contributed by atoms with Crippen LogP contribution in [0.15, 0.2) is 67.0 Å².